The highest BCUT2D eigenvalue weighted by atomic mass is 16.6. The van der Waals surface area contributed by atoms with Gasteiger partial charge < -0.3 is 40.2 Å². The molecule has 2 aliphatic rings. The van der Waals surface area contributed by atoms with Gasteiger partial charge in [-0.25, -0.2) is 9.59 Å². The highest BCUT2D eigenvalue weighted by Crippen LogP contribution is 2.12. The number of alkyl carbamates (subject to hydrolysis) is 2. The summed E-state index contributed by atoms with van der Waals surface area (Å²) in [5.41, 5.74) is -0.918. The first kappa shape index (κ1) is 28.4. The van der Waals surface area contributed by atoms with Crippen LogP contribution in [0.2, 0.25) is 0 Å². The van der Waals surface area contributed by atoms with E-state index in [4.69, 9.17) is 18.9 Å². The molecule has 0 aromatic carbocycles. The topological polar surface area (TPSA) is 119 Å². The van der Waals surface area contributed by atoms with Crippen molar-refractivity contribution in [1.29, 1.82) is 0 Å². The summed E-state index contributed by atoms with van der Waals surface area (Å²) in [6, 6.07) is 0.0576. The Morgan fingerprint density at radius 2 is 1.06 bits per heavy atom. The van der Waals surface area contributed by atoms with Gasteiger partial charge in [-0.1, -0.05) is 0 Å². The van der Waals surface area contributed by atoms with Gasteiger partial charge in [0, 0.05) is 27.3 Å². The number of nitrogens with one attached hydrogen (secondary N) is 4. The van der Waals surface area contributed by atoms with Crippen molar-refractivity contribution in [3.63, 3.8) is 0 Å². The SMILES string of the molecule is CO[C@@H]1CNCC[C@H]1NC(=O)OC(C)(C)C.CO[C@H]1CNCC[C@@H]1NC(=O)OC(C)(C)C. The zero-order chi connectivity index (χ0) is 24.4. The average molecular weight is 461 g/mol. The number of amides is 2. The van der Waals surface area contributed by atoms with Gasteiger partial charge in [-0.3, -0.25) is 0 Å². The first-order valence-corrected chi connectivity index (χ1v) is 11.3. The maximum atomic E-state index is 11.6. The fourth-order valence-electron chi connectivity index (χ4n) is 3.40. The molecule has 10 nitrogen and oxygen atoms in total. The zero-order valence-electron chi connectivity index (χ0n) is 21.0. The number of ether oxygens (including phenoxy) is 4. The molecule has 0 aromatic heterocycles. The first-order chi connectivity index (χ1) is 14.8. The van der Waals surface area contributed by atoms with Crippen LogP contribution >= 0.6 is 0 Å². The van der Waals surface area contributed by atoms with E-state index < -0.39 is 11.2 Å². The lowest BCUT2D eigenvalue weighted by Crippen LogP contribution is -2.54. The lowest BCUT2D eigenvalue weighted by molar-refractivity contribution is 0.0259. The van der Waals surface area contributed by atoms with E-state index in [0.717, 1.165) is 39.0 Å². The molecule has 2 amide bonds. The van der Waals surface area contributed by atoms with Gasteiger partial charge in [0.25, 0.3) is 0 Å². The van der Waals surface area contributed by atoms with Crippen molar-refractivity contribution in [3.05, 3.63) is 0 Å². The van der Waals surface area contributed by atoms with Gasteiger partial charge in [0.15, 0.2) is 0 Å². The molecule has 2 heterocycles. The number of methoxy groups -OCH3 is 2. The lowest BCUT2D eigenvalue weighted by Gasteiger charge is -2.32. The third-order valence-corrected chi connectivity index (χ3v) is 4.86. The Hall–Kier alpha value is -1.62. The van der Waals surface area contributed by atoms with Crippen LogP contribution in [-0.2, 0) is 18.9 Å². The van der Waals surface area contributed by atoms with Crippen LogP contribution in [0.5, 0.6) is 0 Å². The number of rotatable bonds is 4. The minimum Gasteiger partial charge on any atom is -0.444 e. The Morgan fingerprint density at radius 1 is 0.719 bits per heavy atom. The predicted molar refractivity (Wildman–Crippen MR) is 123 cm³/mol. The monoisotopic (exact) mass is 460 g/mol. The summed E-state index contributed by atoms with van der Waals surface area (Å²) in [4.78, 5) is 23.2. The van der Waals surface area contributed by atoms with Crippen LogP contribution in [-0.4, -0.2) is 88.1 Å². The fraction of sp³-hybridized carbons (Fsp3) is 0.909. The Balaban J connectivity index is 0.000000320. The maximum absolute atomic E-state index is 11.6. The lowest BCUT2D eigenvalue weighted by atomic mass is 10.0. The Bertz CT molecular complexity index is 526. The summed E-state index contributed by atoms with van der Waals surface area (Å²) in [6.45, 7) is 14.4. The van der Waals surface area contributed by atoms with Crippen LogP contribution in [0.3, 0.4) is 0 Å². The molecule has 2 saturated heterocycles. The second-order valence-electron chi connectivity index (χ2n) is 10.0. The van der Waals surface area contributed by atoms with Crippen molar-refractivity contribution in [2.45, 2.75) is 89.9 Å². The number of carbonyl (C=O) groups excluding carboxylic acids is 2. The number of hydrogen-bond donors (Lipinski definition) is 4. The molecule has 0 unspecified atom stereocenters. The highest BCUT2D eigenvalue weighted by molar-refractivity contribution is 5.68. The molecule has 188 valence electrons. The van der Waals surface area contributed by atoms with E-state index in [2.05, 4.69) is 21.3 Å². The summed E-state index contributed by atoms with van der Waals surface area (Å²) in [7, 11) is 3.31. The summed E-state index contributed by atoms with van der Waals surface area (Å²) >= 11 is 0. The smallest absolute Gasteiger partial charge is 0.407 e. The van der Waals surface area contributed by atoms with E-state index in [1.165, 1.54) is 0 Å². The van der Waals surface area contributed by atoms with Crippen molar-refractivity contribution in [1.82, 2.24) is 21.3 Å². The van der Waals surface area contributed by atoms with Crippen LogP contribution in [0, 0.1) is 0 Å². The van der Waals surface area contributed by atoms with Crippen LogP contribution < -0.4 is 21.3 Å². The highest BCUT2D eigenvalue weighted by Gasteiger charge is 2.29. The molecule has 10 heteroatoms. The molecule has 4 N–H and O–H groups in total. The van der Waals surface area contributed by atoms with Crippen LogP contribution in [0.4, 0.5) is 9.59 Å². The Kier molecular flexibility index (Phi) is 11.7. The van der Waals surface area contributed by atoms with Crippen LogP contribution in [0.1, 0.15) is 54.4 Å². The standard InChI is InChI=1S/2C11H22N2O3/c2*1-11(2,3)16-10(14)13-8-5-6-12-7-9(8)15-4/h2*8-9,12H,5-7H2,1-4H3,(H,13,14)/t2*8-,9-/m10/s1. The molecule has 2 rings (SSSR count). The molecule has 2 aliphatic heterocycles. The summed E-state index contributed by atoms with van der Waals surface area (Å²) in [5.74, 6) is 0. The molecule has 0 aliphatic carbocycles. The van der Waals surface area contributed by atoms with Gasteiger partial charge in [-0.15, -0.1) is 0 Å². The molecular weight excluding hydrogens is 416 g/mol. The average Bonchev–Trinajstić information content (AvgIpc) is 2.66. The fourth-order valence-corrected chi connectivity index (χ4v) is 3.40. The normalized spacial score (nSPS) is 26.2. The molecule has 0 spiro atoms. The van der Waals surface area contributed by atoms with E-state index >= 15 is 0 Å². The molecule has 0 saturated carbocycles. The minimum absolute atomic E-state index is 0.0151. The van der Waals surface area contributed by atoms with Crippen LogP contribution in [0.15, 0.2) is 0 Å². The molecule has 0 radical (unpaired) electrons. The molecule has 4 atom stereocenters. The van der Waals surface area contributed by atoms with Gasteiger partial charge >= 0.3 is 12.2 Å². The van der Waals surface area contributed by atoms with Gasteiger partial charge in [0.05, 0.1) is 24.3 Å². The van der Waals surface area contributed by atoms with Crippen molar-refractivity contribution in [3.8, 4) is 0 Å². The van der Waals surface area contributed by atoms with Crippen molar-refractivity contribution >= 4 is 12.2 Å². The minimum atomic E-state index is -0.459. The zero-order valence-corrected chi connectivity index (χ0v) is 21.0. The molecule has 0 bridgehead atoms. The van der Waals surface area contributed by atoms with Gasteiger partial charge in [-0.05, 0) is 67.5 Å². The molecule has 32 heavy (non-hydrogen) atoms. The van der Waals surface area contributed by atoms with Gasteiger partial charge in [0.1, 0.15) is 11.2 Å². The van der Waals surface area contributed by atoms with Gasteiger partial charge in [0.2, 0.25) is 0 Å². The number of carbonyl (C=O) groups is 2. The summed E-state index contributed by atoms with van der Waals surface area (Å²) in [6.07, 6.45) is 1.00. The largest absolute Gasteiger partial charge is 0.444 e. The third kappa shape index (κ3) is 11.8. The van der Waals surface area contributed by atoms with Crippen LogP contribution in [0.25, 0.3) is 0 Å². The predicted octanol–water partition coefficient (Wildman–Crippen LogP) is 1.78. The van der Waals surface area contributed by atoms with Crippen molar-refractivity contribution in [2.75, 3.05) is 40.4 Å². The first-order valence-electron chi connectivity index (χ1n) is 11.3. The Morgan fingerprint density at radius 3 is 1.34 bits per heavy atom. The second kappa shape index (κ2) is 13.2. The Labute approximate surface area is 192 Å². The molecule has 0 aromatic rings. The van der Waals surface area contributed by atoms with E-state index in [0.29, 0.717) is 0 Å². The van der Waals surface area contributed by atoms with E-state index in [1.807, 2.05) is 41.5 Å². The van der Waals surface area contributed by atoms with Crippen molar-refractivity contribution in [2.24, 2.45) is 0 Å². The van der Waals surface area contributed by atoms with E-state index in [9.17, 15) is 9.59 Å². The summed E-state index contributed by atoms with van der Waals surface area (Å²) < 4.78 is 21.0. The maximum Gasteiger partial charge on any atom is 0.407 e. The number of hydrogen-bond acceptors (Lipinski definition) is 8. The third-order valence-electron chi connectivity index (χ3n) is 4.86. The van der Waals surface area contributed by atoms with E-state index in [-0.39, 0.29) is 36.5 Å². The molecule has 2 fully saturated rings. The van der Waals surface area contributed by atoms with Crippen molar-refractivity contribution < 1.29 is 28.5 Å². The number of piperidine rings is 2. The van der Waals surface area contributed by atoms with E-state index in [1.54, 1.807) is 14.2 Å². The van der Waals surface area contributed by atoms with Gasteiger partial charge in [-0.2, -0.15) is 0 Å². The molecular formula is C22H44N4O6. The summed E-state index contributed by atoms with van der Waals surface area (Å²) in [5, 5.41) is 12.1. The quantitative estimate of drug-likeness (QED) is 0.501. The second-order valence-corrected chi connectivity index (χ2v) is 10.0.